The highest BCUT2D eigenvalue weighted by Crippen LogP contribution is 2.33. The van der Waals surface area contributed by atoms with Crippen molar-refractivity contribution in [1.82, 2.24) is 4.98 Å². The van der Waals surface area contributed by atoms with E-state index in [0.717, 1.165) is 30.5 Å². The Balaban J connectivity index is 1.55. The molecule has 2 aliphatic heterocycles. The van der Waals surface area contributed by atoms with Gasteiger partial charge < -0.3 is 15.0 Å². The molecule has 0 saturated carbocycles. The van der Waals surface area contributed by atoms with Gasteiger partial charge in [-0.1, -0.05) is 6.07 Å². The predicted octanol–water partition coefficient (Wildman–Crippen LogP) is 3.12. The second kappa shape index (κ2) is 7.70. The van der Waals surface area contributed by atoms with Gasteiger partial charge in [0.1, 0.15) is 11.1 Å². The summed E-state index contributed by atoms with van der Waals surface area (Å²) in [5.41, 5.74) is 3.19. The molecule has 1 unspecified atom stereocenters. The minimum Gasteiger partial charge on any atom is -0.368 e. The molecule has 1 aromatic carbocycles. The van der Waals surface area contributed by atoms with Crippen molar-refractivity contribution in [2.75, 3.05) is 29.6 Å². The molecule has 1 fully saturated rings. The maximum absolute atomic E-state index is 12.8. The summed E-state index contributed by atoms with van der Waals surface area (Å²) in [6.45, 7) is 1.31. The van der Waals surface area contributed by atoms with Crippen LogP contribution in [0.2, 0.25) is 0 Å². The first kappa shape index (κ1) is 18.0. The van der Waals surface area contributed by atoms with E-state index < -0.39 is 0 Å². The topological polar surface area (TPSA) is 71.5 Å². The van der Waals surface area contributed by atoms with Gasteiger partial charge in [-0.2, -0.15) is 0 Å². The molecule has 0 bridgehead atoms. The van der Waals surface area contributed by atoms with Crippen molar-refractivity contribution in [2.45, 2.75) is 30.4 Å². The Labute approximate surface area is 162 Å². The van der Waals surface area contributed by atoms with Gasteiger partial charge in [0.25, 0.3) is 11.8 Å². The van der Waals surface area contributed by atoms with Crippen molar-refractivity contribution in [3.8, 4) is 0 Å². The second-order valence-corrected chi connectivity index (χ2v) is 7.39. The summed E-state index contributed by atoms with van der Waals surface area (Å²) in [6.07, 6.45) is 5.75. The standard InChI is InChI=1S/C20H21N3O3S/c1-27-19-15(4-2-9-21-19)18(24)22-14-7-6-13-8-10-23(16(13)12-14)20(25)17-5-3-11-26-17/h2,4,6-7,9,12,17H,3,5,8,10-11H2,1H3,(H,22,24). The molecule has 1 N–H and O–H groups in total. The van der Waals surface area contributed by atoms with E-state index in [0.29, 0.717) is 29.4 Å². The van der Waals surface area contributed by atoms with Crippen LogP contribution < -0.4 is 10.2 Å². The molecule has 2 aromatic rings. The lowest BCUT2D eigenvalue weighted by atomic mass is 10.1. The van der Waals surface area contributed by atoms with Crippen molar-refractivity contribution in [1.29, 1.82) is 0 Å². The highest BCUT2D eigenvalue weighted by Gasteiger charge is 2.32. The number of hydrogen-bond donors (Lipinski definition) is 1. The summed E-state index contributed by atoms with van der Waals surface area (Å²) >= 11 is 1.43. The molecule has 1 aromatic heterocycles. The number of thioether (sulfide) groups is 1. The third-order valence-electron chi connectivity index (χ3n) is 4.92. The van der Waals surface area contributed by atoms with E-state index in [-0.39, 0.29) is 17.9 Å². The molecule has 1 saturated heterocycles. The number of pyridine rings is 1. The van der Waals surface area contributed by atoms with Crippen LogP contribution in [0.25, 0.3) is 0 Å². The average molecular weight is 383 g/mol. The van der Waals surface area contributed by atoms with Crippen LogP contribution in [-0.2, 0) is 16.0 Å². The number of carbonyl (C=O) groups is 2. The Kier molecular flexibility index (Phi) is 5.13. The van der Waals surface area contributed by atoms with E-state index >= 15 is 0 Å². The first-order chi connectivity index (χ1) is 13.2. The number of ether oxygens (including phenoxy) is 1. The first-order valence-corrected chi connectivity index (χ1v) is 10.3. The van der Waals surface area contributed by atoms with Gasteiger partial charge in [0.15, 0.2) is 0 Å². The first-order valence-electron chi connectivity index (χ1n) is 9.03. The largest absolute Gasteiger partial charge is 0.368 e. The number of benzene rings is 1. The monoisotopic (exact) mass is 383 g/mol. The van der Waals surface area contributed by atoms with Crippen molar-refractivity contribution in [3.05, 3.63) is 47.7 Å². The van der Waals surface area contributed by atoms with Crippen molar-refractivity contribution >= 4 is 35.0 Å². The summed E-state index contributed by atoms with van der Waals surface area (Å²) < 4.78 is 5.55. The predicted molar refractivity (Wildman–Crippen MR) is 105 cm³/mol. The van der Waals surface area contributed by atoms with Gasteiger partial charge in [0.05, 0.1) is 5.56 Å². The zero-order chi connectivity index (χ0) is 18.8. The lowest BCUT2D eigenvalue weighted by Gasteiger charge is -2.21. The van der Waals surface area contributed by atoms with Crippen LogP contribution in [0.4, 0.5) is 11.4 Å². The lowest BCUT2D eigenvalue weighted by molar-refractivity contribution is -0.127. The van der Waals surface area contributed by atoms with Crippen LogP contribution in [0.3, 0.4) is 0 Å². The third-order valence-corrected chi connectivity index (χ3v) is 5.63. The van der Waals surface area contributed by atoms with Crippen LogP contribution in [0.15, 0.2) is 41.6 Å². The molecule has 0 aliphatic carbocycles. The Bertz CT molecular complexity index is 881. The van der Waals surface area contributed by atoms with Crippen molar-refractivity contribution < 1.29 is 14.3 Å². The van der Waals surface area contributed by atoms with E-state index in [4.69, 9.17) is 4.74 Å². The van der Waals surface area contributed by atoms with Crippen LogP contribution in [-0.4, -0.2) is 42.3 Å². The highest BCUT2D eigenvalue weighted by atomic mass is 32.2. The van der Waals surface area contributed by atoms with Gasteiger partial charge in [-0.25, -0.2) is 4.98 Å². The summed E-state index contributed by atoms with van der Waals surface area (Å²) in [4.78, 5) is 31.4. The molecule has 2 aliphatic rings. The summed E-state index contributed by atoms with van der Waals surface area (Å²) in [7, 11) is 0. The smallest absolute Gasteiger partial charge is 0.258 e. The van der Waals surface area contributed by atoms with Crippen LogP contribution in [0, 0.1) is 0 Å². The molecule has 6 nitrogen and oxygen atoms in total. The number of fused-ring (bicyclic) bond motifs is 1. The fourth-order valence-electron chi connectivity index (χ4n) is 3.56. The Morgan fingerprint density at radius 1 is 1.33 bits per heavy atom. The minimum absolute atomic E-state index is 0.0201. The summed E-state index contributed by atoms with van der Waals surface area (Å²) in [5.74, 6) is -0.186. The van der Waals surface area contributed by atoms with Crippen molar-refractivity contribution in [3.63, 3.8) is 0 Å². The molecule has 140 valence electrons. The van der Waals surface area contributed by atoms with Gasteiger partial charge in [0, 0.05) is 30.7 Å². The number of nitrogens with zero attached hydrogens (tertiary/aromatic N) is 2. The maximum Gasteiger partial charge on any atom is 0.258 e. The molecule has 3 heterocycles. The lowest BCUT2D eigenvalue weighted by Crippen LogP contribution is -2.37. The van der Waals surface area contributed by atoms with Crippen LogP contribution in [0.1, 0.15) is 28.8 Å². The number of amides is 2. The molecule has 1 atom stereocenters. The molecule has 27 heavy (non-hydrogen) atoms. The number of anilines is 2. The van der Waals surface area contributed by atoms with Crippen molar-refractivity contribution in [2.24, 2.45) is 0 Å². The second-order valence-electron chi connectivity index (χ2n) is 6.60. The van der Waals surface area contributed by atoms with Crippen LogP contribution >= 0.6 is 11.8 Å². The highest BCUT2D eigenvalue weighted by molar-refractivity contribution is 7.98. The van der Waals surface area contributed by atoms with E-state index in [9.17, 15) is 9.59 Å². The van der Waals surface area contributed by atoms with Gasteiger partial charge in [-0.05, 0) is 55.3 Å². The Morgan fingerprint density at radius 3 is 3.00 bits per heavy atom. The van der Waals surface area contributed by atoms with Gasteiger partial charge in [0.2, 0.25) is 0 Å². The van der Waals surface area contributed by atoms with Gasteiger partial charge >= 0.3 is 0 Å². The van der Waals surface area contributed by atoms with E-state index in [1.165, 1.54) is 11.8 Å². The van der Waals surface area contributed by atoms with Crippen LogP contribution in [0.5, 0.6) is 0 Å². The van der Waals surface area contributed by atoms with E-state index in [1.807, 2.05) is 24.5 Å². The Morgan fingerprint density at radius 2 is 2.22 bits per heavy atom. The van der Waals surface area contributed by atoms with Gasteiger partial charge in [-0.15, -0.1) is 11.8 Å². The Hall–Kier alpha value is -2.38. The summed E-state index contributed by atoms with van der Waals surface area (Å²) in [5, 5.41) is 3.62. The number of carbonyl (C=O) groups excluding carboxylic acids is 2. The number of aromatic nitrogens is 1. The molecule has 2 amide bonds. The fraction of sp³-hybridized carbons (Fsp3) is 0.350. The molecule has 7 heteroatoms. The fourth-order valence-corrected chi connectivity index (χ4v) is 4.10. The summed E-state index contributed by atoms with van der Waals surface area (Å²) in [6, 6.07) is 9.24. The minimum atomic E-state index is -0.339. The molecule has 4 rings (SSSR count). The maximum atomic E-state index is 12.8. The van der Waals surface area contributed by atoms with Gasteiger partial charge in [-0.3, -0.25) is 9.59 Å². The molecular formula is C20H21N3O3S. The number of hydrogen-bond acceptors (Lipinski definition) is 5. The van der Waals surface area contributed by atoms with E-state index in [1.54, 1.807) is 23.2 Å². The molecular weight excluding hydrogens is 362 g/mol. The quantitative estimate of drug-likeness (QED) is 0.822. The van der Waals surface area contributed by atoms with E-state index in [2.05, 4.69) is 10.3 Å². The normalized spacial score (nSPS) is 18.4. The molecule has 0 radical (unpaired) electrons. The third kappa shape index (κ3) is 3.57. The molecule has 0 spiro atoms. The number of rotatable bonds is 4. The zero-order valence-corrected chi connectivity index (χ0v) is 15.9. The average Bonchev–Trinajstić information content (AvgIpc) is 3.37. The SMILES string of the molecule is CSc1ncccc1C(=O)Nc1ccc2c(c1)N(C(=O)C1CCCO1)CC2. The zero-order valence-electron chi connectivity index (χ0n) is 15.1. The number of nitrogens with one attached hydrogen (secondary N) is 1.